The van der Waals surface area contributed by atoms with Crippen molar-refractivity contribution in [2.75, 3.05) is 31.1 Å². The Bertz CT molecular complexity index is 732. The number of hydrogen-bond acceptors (Lipinski definition) is 5. The molecule has 2 aromatic rings. The lowest BCUT2D eigenvalue weighted by Crippen LogP contribution is -2.46. The molecule has 2 aliphatic heterocycles. The highest BCUT2D eigenvalue weighted by Gasteiger charge is 2.43. The van der Waals surface area contributed by atoms with Gasteiger partial charge in [0.2, 0.25) is 5.95 Å². The van der Waals surface area contributed by atoms with E-state index in [1.165, 1.54) is 6.42 Å². The van der Waals surface area contributed by atoms with Crippen LogP contribution in [0.2, 0.25) is 0 Å². The zero-order valence-corrected chi connectivity index (χ0v) is 14.8. The van der Waals surface area contributed by atoms with Crippen LogP contribution in [0.3, 0.4) is 0 Å². The predicted octanol–water partition coefficient (Wildman–Crippen LogP) is 2.98. The minimum atomic E-state index is 0.193. The van der Waals surface area contributed by atoms with Gasteiger partial charge < -0.3 is 9.80 Å². The second-order valence-corrected chi connectivity index (χ2v) is 7.90. The monoisotopic (exact) mass is 342 g/mol. The molecule has 5 nitrogen and oxygen atoms in total. The molecule has 1 amide bonds. The summed E-state index contributed by atoms with van der Waals surface area (Å²) in [5, 5.41) is 2.00. The summed E-state index contributed by atoms with van der Waals surface area (Å²) in [5.74, 6) is 1.02. The first-order valence-electron chi connectivity index (χ1n) is 8.52. The van der Waals surface area contributed by atoms with Crippen LogP contribution in [0.1, 0.15) is 34.5 Å². The number of thiophene rings is 1. The van der Waals surface area contributed by atoms with Gasteiger partial charge in [-0.1, -0.05) is 0 Å². The maximum Gasteiger partial charge on any atom is 0.264 e. The molecule has 2 aromatic heterocycles. The van der Waals surface area contributed by atoms with Crippen LogP contribution in [0.4, 0.5) is 5.95 Å². The fraction of sp³-hybridized carbons (Fsp3) is 0.500. The number of likely N-dealkylation sites (tertiary alicyclic amines) is 1. The van der Waals surface area contributed by atoms with Crippen molar-refractivity contribution < 1.29 is 4.79 Å². The first-order chi connectivity index (χ1) is 11.7. The van der Waals surface area contributed by atoms with E-state index < -0.39 is 0 Å². The Kier molecular flexibility index (Phi) is 4.00. The van der Waals surface area contributed by atoms with Crippen LogP contribution in [0.25, 0.3) is 0 Å². The van der Waals surface area contributed by atoms with Gasteiger partial charge in [-0.2, -0.15) is 0 Å². The van der Waals surface area contributed by atoms with Gasteiger partial charge in [-0.3, -0.25) is 4.79 Å². The Hall–Kier alpha value is -1.95. The van der Waals surface area contributed by atoms with E-state index in [0.29, 0.717) is 0 Å². The van der Waals surface area contributed by atoms with Gasteiger partial charge in [0.15, 0.2) is 0 Å². The smallest absolute Gasteiger partial charge is 0.264 e. The summed E-state index contributed by atoms with van der Waals surface area (Å²) in [6.07, 6.45) is 7.00. The number of nitrogens with zero attached hydrogens (tertiary/aromatic N) is 4. The molecule has 4 rings (SSSR count). The molecule has 0 bridgehead atoms. The molecule has 24 heavy (non-hydrogen) atoms. The van der Waals surface area contributed by atoms with E-state index in [9.17, 15) is 4.79 Å². The van der Waals surface area contributed by atoms with E-state index in [2.05, 4.69) is 14.9 Å². The molecular weight excluding hydrogens is 320 g/mol. The van der Waals surface area contributed by atoms with Crippen molar-refractivity contribution in [3.63, 3.8) is 0 Å². The van der Waals surface area contributed by atoms with Crippen LogP contribution in [-0.2, 0) is 0 Å². The fourth-order valence-electron chi connectivity index (χ4n) is 4.01. The van der Waals surface area contributed by atoms with Crippen molar-refractivity contribution in [2.45, 2.75) is 26.2 Å². The average Bonchev–Trinajstić information content (AvgIpc) is 3.22. The lowest BCUT2D eigenvalue weighted by molar-refractivity contribution is 0.0771. The Morgan fingerprint density at radius 1 is 1.21 bits per heavy atom. The molecule has 1 spiro atoms. The summed E-state index contributed by atoms with van der Waals surface area (Å²) < 4.78 is 0. The summed E-state index contributed by atoms with van der Waals surface area (Å²) >= 11 is 1.56. The Balaban J connectivity index is 1.49. The number of hydrogen-bond donors (Lipinski definition) is 0. The number of piperidine rings is 1. The average molecular weight is 342 g/mol. The van der Waals surface area contributed by atoms with E-state index in [4.69, 9.17) is 0 Å². The third-order valence-electron chi connectivity index (χ3n) is 5.28. The molecule has 0 N–H and O–H groups in total. The molecule has 4 heterocycles. The normalized spacial score (nSPS) is 23.9. The SMILES string of the molecule is Cc1ccsc1C(=O)N1CCC2(CCCN(c3ncccn3)C2)C1. The van der Waals surface area contributed by atoms with Crippen LogP contribution >= 0.6 is 11.3 Å². The first kappa shape index (κ1) is 15.6. The fourth-order valence-corrected chi connectivity index (χ4v) is 4.90. The lowest BCUT2D eigenvalue weighted by atomic mass is 9.79. The van der Waals surface area contributed by atoms with E-state index in [1.807, 2.05) is 29.3 Å². The molecule has 0 aliphatic carbocycles. The summed E-state index contributed by atoms with van der Waals surface area (Å²) in [7, 11) is 0. The first-order valence-corrected chi connectivity index (χ1v) is 9.40. The predicted molar refractivity (Wildman–Crippen MR) is 95.5 cm³/mol. The number of aryl methyl sites for hydroxylation is 1. The molecule has 2 aliphatic rings. The highest BCUT2D eigenvalue weighted by Crippen LogP contribution is 2.40. The Morgan fingerprint density at radius 3 is 2.79 bits per heavy atom. The van der Waals surface area contributed by atoms with Crippen molar-refractivity contribution in [3.05, 3.63) is 40.3 Å². The number of aromatic nitrogens is 2. The summed E-state index contributed by atoms with van der Waals surface area (Å²) in [6, 6.07) is 3.88. The standard InChI is InChI=1S/C18H22N4OS/c1-14-4-11-24-15(14)16(23)21-10-6-18(12-21)5-2-9-22(13-18)17-19-7-3-8-20-17/h3-4,7-8,11H,2,5-6,9-10,12-13H2,1H3. The van der Waals surface area contributed by atoms with Crippen LogP contribution in [0, 0.1) is 12.3 Å². The van der Waals surface area contributed by atoms with Gasteiger partial charge >= 0.3 is 0 Å². The highest BCUT2D eigenvalue weighted by atomic mass is 32.1. The summed E-state index contributed by atoms with van der Waals surface area (Å²) in [5.41, 5.74) is 1.28. The zero-order chi connectivity index (χ0) is 16.6. The third kappa shape index (κ3) is 2.79. The highest BCUT2D eigenvalue weighted by molar-refractivity contribution is 7.12. The van der Waals surface area contributed by atoms with Gasteiger partial charge in [0.1, 0.15) is 0 Å². The van der Waals surface area contributed by atoms with E-state index in [0.717, 1.165) is 55.4 Å². The van der Waals surface area contributed by atoms with Crippen molar-refractivity contribution in [1.29, 1.82) is 0 Å². The van der Waals surface area contributed by atoms with Crippen molar-refractivity contribution in [2.24, 2.45) is 5.41 Å². The van der Waals surface area contributed by atoms with Gasteiger partial charge in [0, 0.05) is 44.0 Å². The molecule has 0 radical (unpaired) electrons. The van der Waals surface area contributed by atoms with Gasteiger partial charge in [-0.15, -0.1) is 11.3 Å². The van der Waals surface area contributed by atoms with E-state index >= 15 is 0 Å². The largest absolute Gasteiger partial charge is 0.340 e. The second kappa shape index (κ2) is 6.16. The summed E-state index contributed by atoms with van der Waals surface area (Å²) in [4.78, 5) is 26.8. The summed E-state index contributed by atoms with van der Waals surface area (Å²) in [6.45, 7) is 5.69. The minimum absolute atomic E-state index is 0.193. The Morgan fingerprint density at radius 2 is 2.04 bits per heavy atom. The van der Waals surface area contributed by atoms with Gasteiger partial charge in [0.25, 0.3) is 5.91 Å². The molecule has 2 saturated heterocycles. The van der Waals surface area contributed by atoms with Crippen molar-refractivity contribution in [1.82, 2.24) is 14.9 Å². The molecule has 0 aromatic carbocycles. The third-order valence-corrected chi connectivity index (χ3v) is 6.28. The maximum absolute atomic E-state index is 12.8. The second-order valence-electron chi connectivity index (χ2n) is 6.98. The lowest BCUT2D eigenvalue weighted by Gasteiger charge is -2.40. The number of rotatable bonds is 2. The molecule has 2 fully saturated rings. The van der Waals surface area contributed by atoms with Crippen LogP contribution in [-0.4, -0.2) is 47.0 Å². The van der Waals surface area contributed by atoms with Crippen LogP contribution in [0.15, 0.2) is 29.9 Å². The molecule has 126 valence electrons. The van der Waals surface area contributed by atoms with Gasteiger partial charge in [-0.25, -0.2) is 9.97 Å². The van der Waals surface area contributed by atoms with Gasteiger partial charge in [0.05, 0.1) is 4.88 Å². The molecule has 0 saturated carbocycles. The minimum Gasteiger partial charge on any atom is -0.340 e. The molecule has 6 heteroatoms. The van der Waals surface area contributed by atoms with Crippen molar-refractivity contribution in [3.8, 4) is 0 Å². The van der Waals surface area contributed by atoms with Crippen LogP contribution < -0.4 is 4.90 Å². The number of carbonyl (C=O) groups excluding carboxylic acids is 1. The number of anilines is 1. The van der Waals surface area contributed by atoms with E-state index in [1.54, 1.807) is 23.7 Å². The quantitative estimate of drug-likeness (QED) is 0.842. The molecular formula is C18H22N4OS. The van der Waals surface area contributed by atoms with E-state index in [-0.39, 0.29) is 11.3 Å². The van der Waals surface area contributed by atoms with Gasteiger partial charge in [-0.05, 0) is 49.3 Å². The maximum atomic E-state index is 12.8. The van der Waals surface area contributed by atoms with Crippen molar-refractivity contribution >= 4 is 23.2 Å². The van der Waals surface area contributed by atoms with Crippen LogP contribution in [0.5, 0.6) is 0 Å². The molecule has 1 unspecified atom stereocenters. The topological polar surface area (TPSA) is 49.3 Å². The molecule has 1 atom stereocenters. The Labute approximate surface area is 146 Å². The number of carbonyl (C=O) groups is 1. The number of amides is 1. The zero-order valence-electron chi connectivity index (χ0n) is 13.9.